The summed E-state index contributed by atoms with van der Waals surface area (Å²) < 4.78 is 25.8. The van der Waals surface area contributed by atoms with E-state index in [1.54, 1.807) is 0 Å². The summed E-state index contributed by atoms with van der Waals surface area (Å²) >= 11 is 0. The number of aldehydes is 1. The van der Waals surface area contributed by atoms with Gasteiger partial charge in [0.05, 0.1) is 24.4 Å². The van der Waals surface area contributed by atoms with Crippen molar-refractivity contribution in [2.75, 3.05) is 6.61 Å². The van der Waals surface area contributed by atoms with Crippen LogP contribution in [0.4, 0.5) is 0 Å². The van der Waals surface area contributed by atoms with Crippen molar-refractivity contribution in [3.8, 4) is 0 Å². The number of carbonyl (C=O) groups excluding carboxylic acids is 1. The Kier molecular flexibility index (Phi) is 6.16. The highest BCUT2D eigenvalue weighted by Crippen LogP contribution is 2.48. The molecule has 2 aliphatic heterocycles. The van der Waals surface area contributed by atoms with Crippen LogP contribution in [-0.2, 0) is 23.4 Å². The van der Waals surface area contributed by atoms with Gasteiger partial charge in [-0.2, -0.15) is 0 Å². The molecule has 5 nitrogen and oxygen atoms in total. The number of hydrogen-bond donors (Lipinski definition) is 0. The Bertz CT molecular complexity index is 716. The zero-order valence-electron chi connectivity index (χ0n) is 18.9. The van der Waals surface area contributed by atoms with E-state index in [4.69, 9.17) is 18.6 Å². The van der Waals surface area contributed by atoms with Gasteiger partial charge < -0.3 is 23.4 Å². The SMILES string of the molecule is CC(C)(C)[Si](C)(C)O[C@@H]1C[C@@H]2O[C@H](c3ccccc3)OC[C@@]2(C)O[C@@]1(C)CC=O. The third-order valence-corrected chi connectivity index (χ3v) is 11.4. The minimum Gasteiger partial charge on any atom is -0.411 e. The van der Waals surface area contributed by atoms with Gasteiger partial charge in [-0.3, -0.25) is 0 Å². The Labute approximate surface area is 176 Å². The fourth-order valence-electron chi connectivity index (χ4n) is 3.94. The van der Waals surface area contributed by atoms with Gasteiger partial charge in [0.25, 0.3) is 0 Å². The van der Waals surface area contributed by atoms with Gasteiger partial charge in [-0.05, 0) is 32.0 Å². The summed E-state index contributed by atoms with van der Waals surface area (Å²) in [5, 5.41) is 0.0684. The molecule has 0 saturated carbocycles. The van der Waals surface area contributed by atoms with Gasteiger partial charge in [-0.25, -0.2) is 0 Å². The average molecular weight is 421 g/mol. The third-order valence-electron chi connectivity index (χ3n) is 6.87. The van der Waals surface area contributed by atoms with Crippen molar-refractivity contribution in [1.82, 2.24) is 0 Å². The van der Waals surface area contributed by atoms with E-state index in [1.165, 1.54) is 0 Å². The van der Waals surface area contributed by atoms with Crippen molar-refractivity contribution in [2.24, 2.45) is 0 Å². The number of hydrogen-bond acceptors (Lipinski definition) is 5. The molecule has 162 valence electrons. The minimum atomic E-state index is -2.05. The Morgan fingerprint density at radius 2 is 1.86 bits per heavy atom. The zero-order chi connectivity index (χ0) is 21.5. The molecule has 0 bridgehead atoms. The highest BCUT2D eigenvalue weighted by molar-refractivity contribution is 6.74. The van der Waals surface area contributed by atoms with Gasteiger partial charge in [-0.15, -0.1) is 0 Å². The summed E-state index contributed by atoms with van der Waals surface area (Å²) in [5.41, 5.74) is -0.317. The lowest BCUT2D eigenvalue weighted by molar-refractivity contribution is -0.354. The summed E-state index contributed by atoms with van der Waals surface area (Å²) in [5.74, 6) is 0. The van der Waals surface area contributed by atoms with E-state index in [2.05, 4.69) is 33.9 Å². The van der Waals surface area contributed by atoms with Crippen LogP contribution in [0.1, 0.15) is 59.3 Å². The molecule has 0 spiro atoms. The van der Waals surface area contributed by atoms with Crippen molar-refractivity contribution >= 4 is 14.6 Å². The van der Waals surface area contributed by atoms with Crippen LogP contribution in [0.15, 0.2) is 30.3 Å². The van der Waals surface area contributed by atoms with E-state index >= 15 is 0 Å². The monoisotopic (exact) mass is 420 g/mol. The van der Waals surface area contributed by atoms with Crippen molar-refractivity contribution in [3.05, 3.63) is 35.9 Å². The Balaban J connectivity index is 1.86. The number of rotatable bonds is 5. The molecule has 0 radical (unpaired) electrons. The lowest BCUT2D eigenvalue weighted by Crippen LogP contribution is -2.67. The van der Waals surface area contributed by atoms with Crippen LogP contribution in [0.3, 0.4) is 0 Å². The highest BCUT2D eigenvalue weighted by atomic mass is 28.4. The predicted octanol–water partition coefficient (Wildman–Crippen LogP) is 5.02. The number of fused-ring (bicyclic) bond motifs is 1. The van der Waals surface area contributed by atoms with E-state index < -0.39 is 25.8 Å². The molecule has 3 rings (SSSR count). The molecule has 0 aliphatic carbocycles. The van der Waals surface area contributed by atoms with Crippen molar-refractivity contribution in [3.63, 3.8) is 0 Å². The first kappa shape index (κ1) is 22.6. The molecule has 2 fully saturated rings. The summed E-state index contributed by atoms with van der Waals surface area (Å²) in [6.07, 6.45) is 1.11. The standard InChI is InChI=1S/C23H36O5Si/c1-21(2,3)29(6,7)27-19-15-18-23(5,28-22(19,4)13-14-24)16-25-20(26-18)17-11-9-8-10-12-17/h8-12,14,18-20H,13,15-16H2,1-7H3/t18-,19+,20+,22-,23+/m0/s1. The summed E-state index contributed by atoms with van der Waals surface area (Å²) in [7, 11) is -2.05. The van der Waals surface area contributed by atoms with Crippen LogP contribution >= 0.6 is 0 Å². The Hall–Kier alpha value is -1.05. The Morgan fingerprint density at radius 3 is 2.45 bits per heavy atom. The highest BCUT2D eigenvalue weighted by Gasteiger charge is 2.57. The fourth-order valence-corrected chi connectivity index (χ4v) is 5.35. The van der Waals surface area contributed by atoms with Crippen molar-refractivity contribution in [2.45, 2.75) is 95.3 Å². The molecule has 6 heteroatoms. The first-order valence-electron chi connectivity index (χ1n) is 10.5. The molecule has 2 heterocycles. The first-order valence-corrected chi connectivity index (χ1v) is 13.4. The second-order valence-corrected chi connectivity index (χ2v) is 15.1. The summed E-state index contributed by atoms with van der Waals surface area (Å²) in [6, 6.07) is 9.97. The molecule has 29 heavy (non-hydrogen) atoms. The maximum atomic E-state index is 11.5. The topological polar surface area (TPSA) is 54.0 Å². The molecule has 2 aliphatic rings. The molecular weight excluding hydrogens is 384 g/mol. The normalized spacial score (nSPS) is 35.8. The molecule has 2 saturated heterocycles. The van der Waals surface area contributed by atoms with Crippen molar-refractivity contribution in [1.29, 1.82) is 0 Å². The lowest BCUT2D eigenvalue weighted by Gasteiger charge is -2.57. The zero-order valence-corrected chi connectivity index (χ0v) is 19.9. The molecule has 1 aromatic rings. The molecule has 0 N–H and O–H groups in total. The maximum Gasteiger partial charge on any atom is 0.192 e. The molecular formula is C23H36O5Si. The second-order valence-electron chi connectivity index (χ2n) is 10.4. The van der Waals surface area contributed by atoms with E-state index in [0.29, 0.717) is 13.0 Å². The fraction of sp³-hybridized carbons (Fsp3) is 0.696. The van der Waals surface area contributed by atoms with Crippen LogP contribution in [0.25, 0.3) is 0 Å². The minimum absolute atomic E-state index is 0.0684. The lowest BCUT2D eigenvalue weighted by atomic mass is 9.80. The quantitative estimate of drug-likeness (QED) is 0.495. The van der Waals surface area contributed by atoms with Crippen LogP contribution in [0.5, 0.6) is 0 Å². The van der Waals surface area contributed by atoms with Gasteiger partial charge in [0.1, 0.15) is 11.9 Å². The number of ether oxygens (including phenoxy) is 3. The predicted molar refractivity (Wildman–Crippen MR) is 115 cm³/mol. The van der Waals surface area contributed by atoms with Gasteiger partial charge in [0.15, 0.2) is 14.6 Å². The molecule has 1 aromatic carbocycles. The average Bonchev–Trinajstić information content (AvgIpc) is 2.62. The van der Waals surface area contributed by atoms with Crippen molar-refractivity contribution < 1.29 is 23.4 Å². The molecule has 0 unspecified atom stereocenters. The van der Waals surface area contributed by atoms with Crippen LogP contribution in [0.2, 0.25) is 18.1 Å². The first-order chi connectivity index (χ1) is 13.4. The summed E-state index contributed by atoms with van der Waals surface area (Å²) in [6.45, 7) is 15.6. The van der Waals surface area contributed by atoms with E-state index in [9.17, 15) is 4.79 Å². The van der Waals surface area contributed by atoms with Crippen LogP contribution in [-0.4, -0.2) is 44.6 Å². The Morgan fingerprint density at radius 1 is 1.21 bits per heavy atom. The van der Waals surface area contributed by atoms with Crippen LogP contribution in [0, 0.1) is 0 Å². The smallest absolute Gasteiger partial charge is 0.192 e. The number of carbonyl (C=O) groups is 1. The molecule has 5 atom stereocenters. The number of benzene rings is 1. The summed E-state index contributed by atoms with van der Waals surface area (Å²) in [4.78, 5) is 11.5. The maximum absolute atomic E-state index is 11.5. The van der Waals surface area contributed by atoms with Gasteiger partial charge in [-0.1, -0.05) is 51.1 Å². The second kappa shape index (κ2) is 7.89. The third kappa shape index (κ3) is 4.51. The molecule has 0 aromatic heterocycles. The van der Waals surface area contributed by atoms with Gasteiger partial charge in [0, 0.05) is 18.4 Å². The van der Waals surface area contributed by atoms with Gasteiger partial charge >= 0.3 is 0 Å². The largest absolute Gasteiger partial charge is 0.411 e. The van der Waals surface area contributed by atoms with Gasteiger partial charge in [0.2, 0.25) is 0 Å². The van der Waals surface area contributed by atoms with E-state index in [-0.39, 0.29) is 23.7 Å². The van der Waals surface area contributed by atoms with E-state index in [0.717, 1.165) is 11.8 Å². The van der Waals surface area contributed by atoms with E-state index in [1.807, 2.05) is 44.2 Å². The van der Waals surface area contributed by atoms with Crippen LogP contribution < -0.4 is 0 Å². The molecule has 0 amide bonds.